The second kappa shape index (κ2) is 6.64. The molecule has 1 saturated heterocycles. The average molecular weight is 339 g/mol. The molecular formula is C19H21N3O3. The lowest BCUT2D eigenvalue weighted by Gasteiger charge is -2.28. The zero-order chi connectivity index (χ0) is 17.2. The van der Waals surface area contributed by atoms with Gasteiger partial charge in [-0.1, -0.05) is 0 Å². The smallest absolute Gasteiger partial charge is 0.138 e. The molecule has 1 fully saturated rings. The number of morpholine rings is 1. The summed E-state index contributed by atoms with van der Waals surface area (Å²) in [6, 6.07) is 10.00. The summed E-state index contributed by atoms with van der Waals surface area (Å²) in [5.41, 5.74) is 3.09. The van der Waals surface area contributed by atoms with Gasteiger partial charge in [-0.25, -0.2) is 4.98 Å². The number of rotatable bonds is 4. The van der Waals surface area contributed by atoms with Crippen molar-refractivity contribution in [2.24, 2.45) is 0 Å². The number of nitrogens with zero attached hydrogens (tertiary/aromatic N) is 2. The van der Waals surface area contributed by atoms with Crippen LogP contribution in [0.15, 0.2) is 36.5 Å². The zero-order valence-electron chi connectivity index (χ0n) is 14.4. The first-order chi connectivity index (χ1) is 12.3. The maximum atomic E-state index is 5.45. The van der Waals surface area contributed by atoms with E-state index in [-0.39, 0.29) is 0 Å². The van der Waals surface area contributed by atoms with Gasteiger partial charge in [-0.05, 0) is 24.3 Å². The minimum absolute atomic E-state index is 0.739. The van der Waals surface area contributed by atoms with Gasteiger partial charge in [0.05, 0.1) is 33.0 Å². The average Bonchev–Trinajstić information content (AvgIpc) is 3.12. The van der Waals surface area contributed by atoms with Crippen LogP contribution in [0, 0.1) is 0 Å². The van der Waals surface area contributed by atoms with E-state index in [0.29, 0.717) is 0 Å². The van der Waals surface area contributed by atoms with E-state index in [1.165, 1.54) is 0 Å². The second-order valence-corrected chi connectivity index (χ2v) is 5.98. The van der Waals surface area contributed by atoms with Gasteiger partial charge in [-0.15, -0.1) is 0 Å². The van der Waals surface area contributed by atoms with Crippen LogP contribution in [-0.4, -0.2) is 50.5 Å². The van der Waals surface area contributed by atoms with Crippen molar-refractivity contribution in [3.05, 3.63) is 36.5 Å². The van der Waals surface area contributed by atoms with Gasteiger partial charge < -0.3 is 24.1 Å². The molecule has 6 nitrogen and oxygen atoms in total. The van der Waals surface area contributed by atoms with Crippen LogP contribution in [0.25, 0.3) is 22.2 Å². The van der Waals surface area contributed by atoms with Gasteiger partial charge in [0.2, 0.25) is 0 Å². The van der Waals surface area contributed by atoms with Crippen LogP contribution >= 0.6 is 0 Å². The van der Waals surface area contributed by atoms with Crippen LogP contribution in [0.1, 0.15) is 0 Å². The van der Waals surface area contributed by atoms with Crippen LogP contribution in [0.2, 0.25) is 0 Å². The fraction of sp³-hybridized carbons (Fsp3) is 0.316. The number of ether oxygens (including phenoxy) is 3. The molecule has 0 saturated carbocycles. The highest BCUT2D eigenvalue weighted by molar-refractivity contribution is 5.94. The Morgan fingerprint density at radius 1 is 1.04 bits per heavy atom. The molecule has 4 rings (SSSR count). The minimum Gasteiger partial charge on any atom is -0.497 e. The first-order valence-electron chi connectivity index (χ1n) is 8.32. The van der Waals surface area contributed by atoms with E-state index in [2.05, 4.69) is 20.9 Å². The minimum atomic E-state index is 0.739. The van der Waals surface area contributed by atoms with Crippen molar-refractivity contribution in [3.63, 3.8) is 0 Å². The number of methoxy groups -OCH3 is 2. The summed E-state index contributed by atoms with van der Waals surface area (Å²) in [7, 11) is 3.31. The summed E-state index contributed by atoms with van der Waals surface area (Å²) >= 11 is 0. The first-order valence-corrected chi connectivity index (χ1v) is 8.32. The fourth-order valence-corrected chi connectivity index (χ4v) is 3.18. The number of nitrogens with one attached hydrogen (secondary N) is 1. The van der Waals surface area contributed by atoms with E-state index < -0.39 is 0 Å². The Bertz CT molecular complexity index is 863. The molecule has 0 aliphatic carbocycles. The molecule has 0 bridgehead atoms. The van der Waals surface area contributed by atoms with Crippen molar-refractivity contribution in [1.82, 2.24) is 9.97 Å². The molecule has 25 heavy (non-hydrogen) atoms. The van der Waals surface area contributed by atoms with E-state index in [1.54, 1.807) is 14.2 Å². The molecule has 0 atom stereocenters. The summed E-state index contributed by atoms with van der Waals surface area (Å²) in [6.45, 7) is 3.20. The normalized spacial score (nSPS) is 14.7. The summed E-state index contributed by atoms with van der Waals surface area (Å²) in [6.07, 6.45) is 1.85. The molecule has 0 radical (unpaired) electrons. The van der Waals surface area contributed by atoms with Crippen molar-refractivity contribution in [2.75, 3.05) is 45.4 Å². The van der Waals surface area contributed by atoms with Crippen molar-refractivity contribution >= 4 is 16.7 Å². The van der Waals surface area contributed by atoms with E-state index in [9.17, 15) is 0 Å². The van der Waals surface area contributed by atoms with Crippen LogP contribution < -0.4 is 14.4 Å². The van der Waals surface area contributed by atoms with Gasteiger partial charge in [0.1, 0.15) is 17.3 Å². The second-order valence-electron chi connectivity index (χ2n) is 5.98. The number of fused-ring (bicyclic) bond motifs is 1. The summed E-state index contributed by atoms with van der Waals surface area (Å²) in [4.78, 5) is 10.4. The Kier molecular flexibility index (Phi) is 4.19. The molecule has 1 aliphatic heterocycles. The Balaban J connectivity index is 1.79. The molecule has 6 heteroatoms. The summed E-state index contributed by atoms with van der Waals surface area (Å²) in [5, 5.41) is 1.11. The zero-order valence-corrected chi connectivity index (χ0v) is 14.4. The molecule has 130 valence electrons. The predicted molar refractivity (Wildman–Crippen MR) is 97.7 cm³/mol. The topological polar surface area (TPSA) is 59.6 Å². The Labute approximate surface area is 146 Å². The number of pyridine rings is 1. The first kappa shape index (κ1) is 15.8. The van der Waals surface area contributed by atoms with Crippen molar-refractivity contribution in [1.29, 1.82) is 0 Å². The van der Waals surface area contributed by atoms with Crippen molar-refractivity contribution in [3.8, 4) is 22.8 Å². The summed E-state index contributed by atoms with van der Waals surface area (Å²) in [5.74, 6) is 2.53. The van der Waals surface area contributed by atoms with Crippen LogP contribution in [0.5, 0.6) is 11.5 Å². The molecule has 0 spiro atoms. The molecule has 0 unspecified atom stereocenters. The fourth-order valence-electron chi connectivity index (χ4n) is 3.18. The largest absolute Gasteiger partial charge is 0.497 e. The number of aromatic nitrogens is 2. The molecule has 1 aromatic carbocycles. The van der Waals surface area contributed by atoms with E-state index >= 15 is 0 Å². The number of hydrogen-bond acceptors (Lipinski definition) is 5. The molecule has 1 aliphatic rings. The third-order valence-electron chi connectivity index (χ3n) is 4.50. The lowest BCUT2D eigenvalue weighted by Crippen LogP contribution is -2.36. The van der Waals surface area contributed by atoms with Gasteiger partial charge in [0.15, 0.2) is 0 Å². The monoisotopic (exact) mass is 339 g/mol. The SMILES string of the molecule is COc1cc(OC)cc(-c2cc3c(N4CCOCC4)nccc3[nH]2)c1. The van der Waals surface area contributed by atoms with Crippen molar-refractivity contribution < 1.29 is 14.2 Å². The third kappa shape index (κ3) is 3.00. The third-order valence-corrected chi connectivity index (χ3v) is 4.50. The Morgan fingerprint density at radius 3 is 2.44 bits per heavy atom. The molecule has 3 heterocycles. The molecular weight excluding hydrogens is 318 g/mol. The van der Waals surface area contributed by atoms with Gasteiger partial charge in [-0.3, -0.25) is 0 Å². The molecule has 2 aromatic heterocycles. The standard InChI is InChI=1S/C19H21N3O3/c1-23-14-9-13(10-15(11-14)24-2)18-12-16-17(21-18)3-4-20-19(16)22-5-7-25-8-6-22/h3-4,9-12,21H,5-8H2,1-2H3. The predicted octanol–water partition coefficient (Wildman–Crippen LogP) is 3.08. The maximum Gasteiger partial charge on any atom is 0.138 e. The Morgan fingerprint density at radius 2 is 1.76 bits per heavy atom. The number of anilines is 1. The molecule has 1 N–H and O–H groups in total. The quantitative estimate of drug-likeness (QED) is 0.791. The lowest BCUT2D eigenvalue weighted by molar-refractivity contribution is 0.122. The van der Waals surface area contributed by atoms with Crippen LogP contribution in [0.4, 0.5) is 5.82 Å². The number of benzene rings is 1. The highest BCUT2D eigenvalue weighted by Crippen LogP contribution is 2.33. The van der Waals surface area contributed by atoms with Crippen molar-refractivity contribution in [2.45, 2.75) is 0 Å². The van der Waals surface area contributed by atoms with Crippen LogP contribution in [-0.2, 0) is 4.74 Å². The number of hydrogen-bond donors (Lipinski definition) is 1. The van der Waals surface area contributed by atoms with Gasteiger partial charge in [0, 0.05) is 42.0 Å². The Hall–Kier alpha value is -2.73. The summed E-state index contributed by atoms with van der Waals surface area (Å²) < 4.78 is 16.2. The highest BCUT2D eigenvalue weighted by atomic mass is 16.5. The van der Waals surface area contributed by atoms with E-state index in [1.807, 2.05) is 30.5 Å². The van der Waals surface area contributed by atoms with E-state index in [4.69, 9.17) is 14.2 Å². The molecule has 3 aromatic rings. The number of H-pyrrole nitrogens is 1. The highest BCUT2D eigenvalue weighted by Gasteiger charge is 2.17. The maximum absolute atomic E-state index is 5.45. The molecule has 0 amide bonds. The van der Waals surface area contributed by atoms with E-state index in [0.717, 1.165) is 65.8 Å². The van der Waals surface area contributed by atoms with Gasteiger partial charge in [0.25, 0.3) is 0 Å². The van der Waals surface area contributed by atoms with Gasteiger partial charge in [-0.2, -0.15) is 0 Å². The van der Waals surface area contributed by atoms with Gasteiger partial charge >= 0.3 is 0 Å². The van der Waals surface area contributed by atoms with Crippen LogP contribution in [0.3, 0.4) is 0 Å². The number of aromatic amines is 1. The lowest BCUT2D eigenvalue weighted by atomic mass is 10.1.